The molecule has 26 heavy (non-hydrogen) atoms. The van der Waals surface area contributed by atoms with Crippen LogP contribution in [0.25, 0.3) is 10.9 Å². The predicted molar refractivity (Wildman–Crippen MR) is 83.5 cm³/mol. The number of aromatic nitrogens is 3. The van der Waals surface area contributed by atoms with Crippen molar-refractivity contribution in [1.29, 1.82) is 0 Å². The lowest BCUT2D eigenvalue weighted by atomic mass is 9.93. The number of anilines is 2. The van der Waals surface area contributed by atoms with Gasteiger partial charge in [-0.3, -0.25) is 0 Å². The molecule has 0 spiro atoms. The van der Waals surface area contributed by atoms with Gasteiger partial charge in [0.15, 0.2) is 0 Å². The van der Waals surface area contributed by atoms with E-state index in [9.17, 15) is 22.0 Å². The summed E-state index contributed by atoms with van der Waals surface area (Å²) in [5.41, 5.74) is 4.27. The molecule has 0 atom stereocenters. The van der Waals surface area contributed by atoms with Crippen molar-refractivity contribution in [1.82, 2.24) is 15.0 Å². The van der Waals surface area contributed by atoms with Crippen LogP contribution in [0.5, 0.6) is 0 Å². The summed E-state index contributed by atoms with van der Waals surface area (Å²) in [4.78, 5) is 11.5. The minimum Gasteiger partial charge on any atom is -0.383 e. The Balaban J connectivity index is 1.77. The van der Waals surface area contributed by atoms with Crippen molar-refractivity contribution in [2.45, 2.75) is 50.6 Å². The highest BCUT2D eigenvalue weighted by molar-refractivity contribution is 5.90. The smallest absolute Gasteiger partial charge is 0.383 e. The van der Waals surface area contributed by atoms with Gasteiger partial charge in [-0.25, -0.2) is 15.0 Å². The van der Waals surface area contributed by atoms with Crippen LogP contribution in [0.4, 0.5) is 33.7 Å². The highest BCUT2D eigenvalue weighted by Gasteiger charge is 2.34. The summed E-state index contributed by atoms with van der Waals surface area (Å²) in [6, 6.07) is -0.140. The Morgan fingerprint density at radius 3 is 2.42 bits per heavy atom. The van der Waals surface area contributed by atoms with E-state index in [1.165, 1.54) is 6.20 Å². The van der Waals surface area contributed by atoms with Gasteiger partial charge >= 0.3 is 12.8 Å². The second kappa shape index (κ2) is 7.14. The average molecular weight is 377 g/mol. The maximum atomic E-state index is 13.2. The molecule has 11 heteroatoms. The molecular weight excluding hydrogens is 361 g/mol. The molecule has 2 heterocycles. The molecule has 6 nitrogen and oxygen atoms in total. The zero-order valence-electron chi connectivity index (χ0n) is 13.4. The van der Waals surface area contributed by atoms with Crippen LogP contribution in [-0.4, -0.2) is 33.7 Å². The van der Waals surface area contributed by atoms with Gasteiger partial charge in [-0.2, -0.15) is 22.0 Å². The van der Waals surface area contributed by atoms with Crippen molar-refractivity contribution >= 4 is 22.7 Å². The molecule has 1 fully saturated rings. The summed E-state index contributed by atoms with van der Waals surface area (Å²) < 4.78 is 68.4. The zero-order chi connectivity index (χ0) is 18.9. The van der Waals surface area contributed by atoms with Crippen LogP contribution in [0.3, 0.4) is 0 Å². The highest BCUT2D eigenvalue weighted by Crippen LogP contribution is 2.35. The Labute approximate surface area is 145 Å². The van der Waals surface area contributed by atoms with Crippen LogP contribution in [-0.2, 0) is 10.9 Å². The van der Waals surface area contributed by atoms with E-state index in [2.05, 4.69) is 25.0 Å². The molecule has 0 unspecified atom stereocenters. The maximum absolute atomic E-state index is 13.2. The number of pyridine rings is 1. The van der Waals surface area contributed by atoms with Gasteiger partial charge in [0.05, 0.1) is 17.0 Å². The Kier molecular flexibility index (Phi) is 5.08. The van der Waals surface area contributed by atoms with E-state index in [1.807, 2.05) is 0 Å². The van der Waals surface area contributed by atoms with E-state index in [0.29, 0.717) is 31.9 Å². The van der Waals surface area contributed by atoms with Crippen molar-refractivity contribution in [3.8, 4) is 0 Å². The topological polar surface area (TPSA) is 86.0 Å². The fourth-order valence-corrected chi connectivity index (χ4v) is 2.99. The van der Waals surface area contributed by atoms with Crippen molar-refractivity contribution in [3.05, 3.63) is 18.0 Å². The Morgan fingerprint density at radius 1 is 1.12 bits per heavy atom. The summed E-state index contributed by atoms with van der Waals surface area (Å²) in [7, 11) is 0. The third-order valence-electron chi connectivity index (χ3n) is 4.26. The number of nitrogens with two attached hydrogens (primary N) is 1. The standard InChI is InChI=1S/C15H16F5N5O/c16-13(17)26-8-3-1-7(2-4-8)24-14-23-5-9-11(25-14)10(15(18,19)20)6-22-12(9)21/h5-8,13H,1-4H2,(H2,21,22)(H,23,24,25). The molecule has 2 aromatic heterocycles. The number of hydrogen-bond acceptors (Lipinski definition) is 6. The summed E-state index contributed by atoms with van der Waals surface area (Å²) in [5.74, 6) is -0.0731. The van der Waals surface area contributed by atoms with Gasteiger partial charge < -0.3 is 15.8 Å². The summed E-state index contributed by atoms with van der Waals surface area (Å²) in [6.07, 6.45) is -1.45. The third kappa shape index (κ3) is 4.09. The lowest BCUT2D eigenvalue weighted by Gasteiger charge is -2.28. The van der Waals surface area contributed by atoms with E-state index < -0.39 is 24.5 Å². The van der Waals surface area contributed by atoms with Gasteiger partial charge in [0.1, 0.15) is 11.4 Å². The normalized spacial score (nSPS) is 21.3. The first-order valence-corrected chi connectivity index (χ1v) is 7.92. The van der Waals surface area contributed by atoms with Crippen LogP contribution >= 0.6 is 0 Å². The number of fused-ring (bicyclic) bond motifs is 1. The first kappa shape index (κ1) is 18.5. The molecule has 1 aliphatic rings. The molecular formula is C15H16F5N5O. The van der Waals surface area contributed by atoms with E-state index >= 15 is 0 Å². The number of alkyl halides is 5. The number of nitrogen functional groups attached to an aromatic ring is 1. The van der Waals surface area contributed by atoms with E-state index in [4.69, 9.17) is 5.73 Å². The minimum atomic E-state index is -4.63. The molecule has 1 aliphatic carbocycles. The van der Waals surface area contributed by atoms with Gasteiger partial charge in [0.25, 0.3) is 0 Å². The van der Waals surface area contributed by atoms with Crippen molar-refractivity contribution in [3.63, 3.8) is 0 Å². The van der Waals surface area contributed by atoms with Crippen LogP contribution in [0.2, 0.25) is 0 Å². The van der Waals surface area contributed by atoms with Gasteiger partial charge in [0, 0.05) is 18.4 Å². The van der Waals surface area contributed by atoms with E-state index in [0.717, 1.165) is 0 Å². The number of nitrogens with zero attached hydrogens (tertiary/aromatic N) is 3. The monoisotopic (exact) mass is 377 g/mol. The average Bonchev–Trinajstić information content (AvgIpc) is 2.55. The molecule has 3 rings (SSSR count). The Hall–Kier alpha value is -2.30. The molecule has 2 aromatic rings. The van der Waals surface area contributed by atoms with E-state index in [1.54, 1.807) is 0 Å². The van der Waals surface area contributed by atoms with E-state index in [-0.39, 0.29) is 28.7 Å². The highest BCUT2D eigenvalue weighted by atomic mass is 19.4. The molecule has 0 aromatic carbocycles. The van der Waals surface area contributed by atoms with Gasteiger partial charge in [-0.15, -0.1) is 0 Å². The van der Waals surface area contributed by atoms with Crippen molar-refractivity contribution in [2.75, 3.05) is 11.1 Å². The predicted octanol–water partition coefficient (Wildman–Crippen LogP) is 3.59. The Bertz CT molecular complexity index is 777. The fraction of sp³-hybridized carbons (Fsp3) is 0.533. The lowest BCUT2D eigenvalue weighted by Crippen LogP contribution is -2.31. The number of rotatable bonds is 4. The Morgan fingerprint density at radius 2 is 1.81 bits per heavy atom. The second-order valence-corrected chi connectivity index (χ2v) is 6.03. The molecule has 0 saturated heterocycles. The maximum Gasteiger partial charge on any atom is 0.419 e. The number of ether oxygens (including phenoxy) is 1. The van der Waals surface area contributed by atoms with Crippen LogP contribution < -0.4 is 11.1 Å². The molecule has 1 saturated carbocycles. The third-order valence-corrected chi connectivity index (χ3v) is 4.26. The molecule has 0 bridgehead atoms. The second-order valence-electron chi connectivity index (χ2n) is 6.03. The largest absolute Gasteiger partial charge is 0.419 e. The van der Waals surface area contributed by atoms with Crippen LogP contribution in [0.15, 0.2) is 12.4 Å². The van der Waals surface area contributed by atoms with Crippen LogP contribution in [0, 0.1) is 0 Å². The SMILES string of the molecule is Nc1ncc(C(F)(F)F)c2nc(NC3CCC(OC(F)F)CC3)ncc12. The van der Waals surface area contributed by atoms with Gasteiger partial charge in [0.2, 0.25) is 5.95 Å². The summed E-state index contributed by atoms with van der Waals surface area (Å²) in [5, 5.41) is 2.96. The van der Waals surface area contributed by atoms with Crippen molar-refractivity contribution < 1.29 is 26.7 Å². The van der Waals surface area contributed by atoms with Gasteiger partial charge in [-0.1, -0.05) is 0 Å². The molecule has 3 N–H and O–H groups in total. The zero-order valence-corrected chi connectivity index (χ0v) is 13.4. The summed E-state index contributed by atoms with van der Waals surface area (Å²) in [6.45, 7) is -2.81. The molecule has 0 radical (unpaired) electrons. The molecule has 0 aliphatic heterocycles. The van der Waals surface area contributed by atoms with Crippen molar-refractivity contribution in [2.24, 2.45) is 0 Å². The first-order chi connectivity index (χ1) is 12.2. The minimum absolute atomic E-state index is 0.0133. The lowest BCUT2D eigenvalue weighted by molar-refractivity contribution is -0.169. The number of halogens is 5. The first-order valence-electron chi connectivity index (χ1n) is 7.92. The number of nitrogens with one attached hydrogen (secondary N) is 1. The fourth-order valence-electron chi connectivity index (χ4n) is 2.99. The quantitative estimate of drug-likeness (QED) is 0.792. The van der Waals surface area contributed by atoms with Crippen LogP contribution in [0.1, 0.15) is 31.2 Å². The van der Waals surface area contributed by atoms with Gasteiger partial charge in [-0.05, 0) is 25.7 Å². The molecule has 142 valence electrons. The summed E-state index contributed by atoms with van der Waals surface area (Å²) >= 11 is 0. The number of hydrogen-bond donors (Lipinski definition) is 2. The molecule has 0 amide bonds.